The standard InChI is InChI=1S/C19H22FN3O2/c1-25-18-8-6-17(7-9-18)22-10-12-23(13-11-22)19(24)21-14-15-2-4-16(20)5-3-15/h2-9H,10-14H2,1H3,(H,21,24). The Bertz CT molecular complexity index is 696. The van der Waals surface area contributed by atoms with Crippen molar-refractivity contribution in [1.29, 1.82) is 0 Å². The molecule has 2 aromatic carbocycles. The van der Waals surface area contributed by atoms with Gasteiger partial charge < -0.3 is 19.9 Å². The fraction of sp³-hybridized carbons (Fsp3) is 0.316. The summed E-state index contributed by atoms with van der Waals surface area (Å²) >= 11 is 0. The largest absolute Gasteiger partial charge is 0.497 e. The van der Waals surface area contributed by atoms with Gasteiger partial charge in [0, 0.05) is 38.4 Å². The summed E-state index contributed by atoms with van der Waals surface area (Å²) in [4.78, 5) is 16.3. The molecule has 25 heavy (non-hydrogen) atoms. The second-order valence-corrected chi connectivity index (χ2v) is 5.96. The van der Waals surface area contributed by atoms with E-state index in [2.05, 4.69) is 10.2 Å². The highest BCUT2D eigenvalue weighted by molar-refractivity contribution is 5.74. The van der Waals surface area contributed by atoms with Gasteiger partial charge in [-0.1, -0.05) is 12.1 Å². The summed E-state index contributed by atoms with van der Waals surface area (Å²) in [6, 6.07) is 14.0. The molecule has 6 heteroatoms. The van der Waals surface area contributed by atoms with Crippen LogP contribution in [0.2, 0.25) is 0 Å². The number of methoxy groups -OCH3 is 1. The van der Waals surface area contributed by atoms with E-state index in [1.807, 2.05) is 29.2 Å². The molecule has 1 N–H and O–H groups in total. The van der Waals surface area contributed by atoms with Gasteiger partial charge in [-0.2, -0.15) is 0 Å². The molecular formula is C19H22FN3O2. The molecule has 2 aromatic rings. The van der Waals surface area contributed by atoms with Crippen LogP contribution in [-0.2, 0) is 6.54 Å². The molecule has 0 aliphatic carbocycles. The van der Waals surface area contributed by atoms with Crippen LogP contribution in [0.25, 0.3) is 0 Å². The van der Waals surface area contributed by atoms with Crippen molar-refractivity contribution in [3.05, 3.63) is 59.9 Å². The van der Waals surface area contributed by atoms with E-state index in [-0.39, 0.29) is 11.8 Å². The summed E-state index contributed by atoms with van der Waals surface area (Å²) in [5, 5.41) is 2.89. The van der Waals surface area contributed by atoms with Crippen molar-refractivity contribution in [3.8, 4) is 5.75 Å². The summed E-state index contributed by atoms with van der Waals surface area (Å²) in [5.74, 6) is 0.562. The van der Waals surface area contributed by atoms with Gasteiger partial charge >= 0.3 is 6.03 Å². The summed E-state index contributed by atoms with van der Waals surface area (Å²) in [6.07, 6.45) is 0. The van der Waals surface area contributed by atoms with Gasteiger partial charge in [0.25, 0.3) is 0 Å². The highest BCUT2D eigenvalue weighted by Crippen LogP contribution is 2.20. The van der Waals surface area contributed by atoms with Gasteiger partial charge in [-0.05, 0) is 42.0 Å². The predicted molar refractivity (Wildman–Crippen MR) is 95.4 cm³/mol. The first kappa shape index (κ1) is 17.1. The second-order valence-electron chi connectivity index (χ2n) is 5.96. The zero-order chi connectivity index (χ0) is 17.6. The number of hydrogen-bond donors (Lipinski definition) is 1. The van der Waals surface area contributed by atoms with Crippen LogP contribution in [0.1, 0.15) is 5.56 Å². The first-order valence-corrected chi connectivity index (χ1v) is 8.32. The SMILES string of the molecule is COc1ccc(N2CCN(C(=O)NCc3ccc(F)cc3)CC2)cc1. The number of halogens is 1. The van der Waals surface area contributed by atoms with E-state index < -0.39 is 0 Å². The van der Waals surface area contributed by atoms with Gasteiger partial charge in [0.2, 0.25) is 0 Å². The molecule has 1 aliphatic heterocycles. The van der Waals surface area contributed by atoms with Crippen LogP contribution in [0.15, 0.2) is 48.5 Å². The van der Waals surface area contributed by atoms with Gasteiger partial charge in [-0.15, -0.1) is 0 Å². The van der Waals surface area contributed by atoms with Crippen LogP contribution in [-0.4, -0.2) is 44.2 Å². The maximum absolute atomic E-state index is 12.9. The molecule has 132 valence electrons. The maximum atomic E-state index is 12.9. The summed E-state index contributed by atoms with van der Waals surface area (Å²) in [7, 11) is 1.65. The fourth-order valence-corrected chi connectivity index (χ4v) is 2.85. The Morgan fingerprint density at radius 2 is 1.68 bits per heavy atom. The minimum absolute atomic E-state index is 0.0845. The molecule has 0 radical (unpaired) electrons. The van der Waals surface area contributed by atoms with E-state index in [1.54, 1.807) is 19.2 Å². The highest BCUT2D eigenvalue weighted by atomic mass is 19.1. The second kappa shape index (κ2) is 7.88. The van der Waals surface area contributed by atoms with E-state index in [4.69, 9.17) is 4.74 Å². The Morgan fingerprint density at radius 3 is 2.28 bits per heavy atom. The molecule has 0 unspecified atom stereocenters. The monoisotopic (exact) mass is 343 g/mol. The smallest absolute Gasteiger partial charge is 0.317 e. The first-order valence-electron chi connectivity index (χ1n) is 8.32. The normalized spacial score (nSPS) is 14.3. The molecule has 0 saturated carbocycles. The third kappa shape index (κ3) is 4.41. The number of nitrogens with one attached hydrogen (secondary N) is 1. The van der Waals surface area contributed by atoms with Gasteiger partial charge in [-0.25, -0.2) is 9.18 Å². The van der Waals surface area contributed by atoms with Crippen LogP contribution < -0.4 is 15.0 Å². The third-order valence-corrected chi connectivity index (χ3v) is 4.36. The number of amides is 2. The number of carbonyl (C=O) groups is 1. The number of urea groups is 1. The maximum Gasteiger partial charge on any atom is 0.317 e. The molecule has 0 spiro atoms. The number of rotatable bonds is 4. The summed E-state index contributed by atoms with van der Waals surface area (Å²) in [5.41, 5.74) is 2.01. The lowest BCUT2D eigenvalue weighted by Gasteiger charge is -2.36. The predicted octanol–water partition coefficient (Wildman–Crippen LogP) is 2.87. The molecule has 3 rings (SSSR count). The van der Waals surface area contributed by atoms with E-state index in [0.29, 0.717) is 19.6 Å². The average Bonchev–Trinajstić information content (AvgIpc) is 2.67. The summed E-state index contributed by atoms with van der Waals surface area (Å²) in [6.45, 7) is 3.31. The lowest BCUT2D eigenvalue weighted by atomic mass is 10.2. The Kier molecular flexibility index (Phi) is 5.38. The zero-order valence-corrected chi connectivity index (χ0v) is 14.2. The number of nitrogens with zero attached hydrogens (tertiary/aromatic N) is 2. The van der Waals surface area contributed by atoms with Gasteiger partial charge in [0.15, 0.2) is 0 Å². The van der Waals surface area contributed by atoms with Crippen molar-refractivity contribution in [3.63, 3.8) is 0 Å². The first-order chi connectivity index (χ1) is 12.2. The Labute approximate surface area is 147 Å². The summed E-state index contributed by atoms with van der Waals surface area (Å²) < 4.78 is 18.1. The van der Waals surface area contributed by atoms with Gasteiger partial charge in [-0.3, -0.25) is 0 Å². The molecule has 0 atom stereocenters. The zero-order valence-electron chi connectivity index (χ0n) is 14.2. The van der Waals surface area contributed by atoms with Crippen molar-refractivity contribution in [2.45, 2.75) is 6.54 Å². The van der Waals surface area contributed by atoms with Crippen molar-refractivity contribution >= 4 is 11.7 Å². The van der Waals surface area contributed by atoms with Crippen molar-refractivity contribution in [2.75, 3.05) is 38.2 Å². The molecule has 1 fully saturated rings. The number of piperazine rings is 1. The molecule has 5 nitrogen and oxygen atoms in total. The van der Waals surface area contributed by atoms with E-state index in [1.165, 1.54) is 12.1 Å². The number of anilines is 1. The van der Waals surface area contributed by atoms with Crippen molar-refractivity contribution < 1.29 is 13.9 Å². The number of ether oxygens (including phenoxy) is 1. The van der Waals surface area contributed by atoms with Gasteiger partial charge in [0.1, 0.15) is 11.6 Å². The van der Waals surface area contributed by atoms with Gasteiger partial charge in [0.05, 0.1) is 7.11 Å². The molecule has 1 heterocycles. The average molecular weight is 343 g/mol. The minimum Gasteiger partial charge on any atom is -0.497 e. The van der Waals surface area contributed by atoms with E-state index in [0.717, 1.165) is 30.1 Å². The highest BCUT2D eigenvalue weighted by Gasteiger charge is 2.21. The third-order valence-electron chi connectivity index (χ3n) is 4.36. The van der Waals surface area contributed by atoms with Crippen LogP contribution in [0, 0.1) is 5.82 Å². The molecule has 2 amide bonds. The Balaban J connectivity index is 1.47. The van der Waals surface area contributed by atoms with E-state index in [9.17, 15) is 9.18 Å². The number of benzene rings is 2. The Hall–Kier alpha value is -2.76. The number of carbonyl (C=O) groups excluding carboxylic acids is 1. The fourth-order valence-electron chi connectivity index (χ4n) is 2.85. The van der Waals surface area contributed by atoms with Crippen LogP contribution in [0.5, 0.6) is 5.75 Å². The molecule has 1 aliphatic rings. The van der Waals surface area contributed by atoms with Crippen molar-refractivity contribution in [1.82, 2.24) is 10.2 Å². The van der Waals surface area contributed by atoms with Crippen LogP contribution in [0.3, 0.4) is 0 Å². The lowest BCUT2D eigenvalue weighted by Crippen LogP contribution is -2.51. The van der Waals surface area contributed by atoms with Crippen LogP contribution in [0.4, 0.5) is 14.9 Å². The lowest BCUT2D eigenvalue weighted by molar-refractivity contribution is 0.194. The molecular weight excluding hydrogens is 321 g/mol. The van der Waals surface area contributed by atoms with Crippen LogP contribution >= 0.6 is 0 Å². The van der Waals surface area contributed by atoms with Crippen molar-refractivity contribution in [2.24, 2.45) is 0 Å². The minimum atomic E-state index is -0.273. The molecule has 0 aromatic heterocycles. The Morgan fingerprint density at radius 1 is 1.04 bits per heavy atom. The quantitative estimate of drug-likeness (QED) is 0.928. The molecule has 1 saturated heterocycles. The molecule has 0 bridgehead atoms. The number of hydrogen-bond acceptors (Lipinski definition) is 3. The topological polar surface area (TPSA) is 44.8 Å². The van der Waals surface area contributed by atoms with E-state index >= 15 is 0 Å².